The number of ether oxygens (including phenoxy) is 2. The Balaban J connectivity index is 1.63. The third kappa shape index (κ3) is 5.20. The van der Waals surface area contributed by atoms with Crippen molar-refractivity contribution in [2.24, 2.45) is 11.3 Å². The zero-order valence-electron chi connectivity index (χ0n) is 19.8. The Morgan fingerprint density at radius 2 is 1.91 bits per heavy atom. The van der Waals surface area contributed by atoms with E-state index < -0.39 is 10.0 Å². The zero-order chi connectivity index (χ0) is 23.6. The summed E-state index contributed by atoms with van der Waals surface area (Å²) in [5.74, 6) is 0.948. The van der Waals surface area contributed by atoms with Crippen LogP contribution in [0.3, 0.4) is 0 Å². The van der Waals surface area contributed by atoms with Crippen LogP contribution in [0.5, 0.6) is 5.75 Å². The first kappa shape index (κ1) is 24.0. The van der Waals surface area contributed by atoms with E-state index in [1.807, 2.05) is 12.1 Å². The van der Waals surface area contributed by atoms with E-state index >= 15 is 0 Å². The molecule has 1 saturated heterocycles. The summed E-state index contributed by atoms with van der Waals surface area (Å²) in [7, 11) is -3.80. The molecule has 4 rings (SSSR count). The van der Waals surface area contributed by atoms with Crippen LogP contribution in [0.15, 0.2) is 41.3 Å². The molecule has 0 amide bonds. The predicted octanol–water partition coefficient (Wildman–Crippen LogP) is 4.32. The fourth-order valence-electron chi connectivity index (χ4n) is 4.73. The minimum Gasteiger partial charge on any atom is -0.493 e. The molecule has 2 aromatic rings. The van der Waals surface area contributed by atoms with Crippen molar-refractivity contribution >= 4 is 15.7 Å². The molecule has 2 aromatic carbocycles. The van der Waals surface area contributed by atoms with Crippen LogP contribution in [0.2, 0.25) is 0 Å². The molecule has 0 atom stereocenters. The van der Waals surface area contributed by atoms with Gasteiger partial charge in [-0.3, -0.25) is 4.31 Å². The lowest BCUT2D eigenvalue weighted by molar-refractivity contribution is 0.0494. The summed E-state index contributed by atoms with van der Waals surface area (Å²) in [6, 6.07) is 10.9. The highest BCUT2D eigenvalue weighted by molar-refractivity contribution is 7.92. The van der Waals surface area contributed by atoms with Crippen molar-refractivity contribution in [3.8, 4) is 5.75 Å². The fraction of sp³-hybridized carbons (Fsp3) is 0.538. The second-order valence-corrected chi connectivity index (χ2v) is 11.8. The van der Waals surface area contributed by atoms with Gasteiger partial charge in [-0.1, -0.05) is 32.9 Å². The van der Waals surface area contributed by atoms with Crippen molar-refractivity contribution in [3.63, 3.8) is 0 Å². The Labute approximate surface area is 197 Å². The molecule has 2 aliphatic heterocycles. The number of aliphatic hydroxyl groups excluding tert-OH is 1. The summed E-state index contributed by atoms with van der Waals surface area (Å²) in [5, 5.41) is 9.95. The van der Waals surface area contributed by atoms with E-state index in [9.17, 15) is 13.5 Å². The number of aryl methyl sites for hydroxylation is 1. The number of rotatable bonds is 7. The van der Waals surface area contributed by atoms with Crippen LogP contribution in [0.1, 0.15) is 50.3 Å². The summed E-state index contributed by atoms with van der Waals surface area (Å²) in [4.78, 5) is 0.174. The standard InChI is InChI=1S/C26H35NO5S/c1-4-19-5-7-24-21(13-19)15-26(2,3)18-27(24)33(29,30)23-6-8-25(22(14-23)16-28)32-17-20-9-11-31-12-10-20/h5-8,13-14,20,28H,4,9-12,15-18H2,1-3H3. The van der Waals surface area contributed by atoms with E-state index in [2.05, 4.69) is 26.8 Å². The summed E-state index contributed by atoms with van der Waals surface area (Å²) < 4.78 is 40.4. The highest BCUT2D eigenvalue weighted by Gasteiger charge is 2.37. The molecule has 6 nitrogen and oxygen atoms in total. The largest absolute Gasteiger partial charge is 0.493 e. The van der Waals surface area contributed by atoms with Crippen molar-refractivity contribution in [2.45, 2.75) is 58.0 Å². The molecule has 33 heavy (non-hydrogen) atoms. The minimum atomic E-state index is -3.80. The molecule has 0 aromatic heterocycles. The summed E-state index contributed by atoms with van der Waals surface area (Å²) >= 11 is 0. The van der Waals surface area contributed by atoms with Gasteiger partial charge in [0.25, 0.3) is 10.0 Å². The Morgan fingerprint density at radius 1 is 1.15 bits per heavy atom. The van der Waals surface area contributed by atoms with Crippen LogP contribution in [0.25, 0.3) is 0 Å². The van der Waals surface area contributed by atoms with Crippen molar-refractivity contribution in [1.82, 2.24) is 0 Å². The average Bonchev–Trinajstić information content (AvgIpc) is 2.81. The molecule has 2 aliphatic rings. The fourth-order valence-corrected chi connectivity index (χ4v) is 6.47. The van der Waals surface area contributed by atoms with Crippen molar-refractivity contribution in [3.05, 3.63) is 53.1 Å². The molecule has 0 bridgehead atoms. The number of anilines is 1. The smallest absolute Gasteiger partial charge is 0.264 e. The SMILES string of the molecule is CCc1ccc2c(c1)CC(C)(C)CN2S(=O)(=O)c1ccc(OCC2CCOCC2)c(CO)c1. The quantitative estimate of drug-likeness (QED) is 0.648. The second-order valence-electron chi connectivity index (χ2n) is 9.96. The van der Waals surface area contributed by atoms with E-state index in [0.29, 0.717) is 30.4 Å². The first-order valence-electron chi connectivity index (χ1n) is 11.8. The summed E-state index contributed by atoms with van der Waals surface area (Å²) in [6.45, 7) is 8.45. The Hall–Kier alpha value is -2.09. The maximum atomic E-state index is 13.8. The average molecular weight is 474 g/mol. The third-order valence-electron chi connectivity index (χ3n) is 6.67. The maximum Gasteiger partial charge on any atom is 0.264 e. The van der Waals surface area contributed by atoms with Crippen molar-refractivity contribution in [1.29, 1.82) is 0 Å². The molecule has 7 heteroatoms. The van der Waals surface area contributed by atoms with Gasteiger partial charge in [-0.15, -0.1) is 0 Å². The van der Waals surface area contributed by atoms with Crippen LogP contribution in [-0.2, 0) is 34.2 Å². The molecule has 0 spiro atoms. The van der Waals surface area contributed by atoms with Crippen LogP contribution < -0.4 is 9.04 Å². The van der Waals surface area contributed by atoms with Crippen molar-refractivity contribution < 1.29 is 23.0 Å². The number of aliphatic hydroxyl groups is 1. The number of benzene rings is 2. The number of hydrogen-bond donors (Lipinski definition) is 1. The minimum absolute atomic E-state index is 0.174. The lowest BCUT2D eigenvalue weighted by Crippen LogP contribution is -2.44. The first-order valence-corrected chi connectivity index (χ1v) is 13.3. The lowest BCUT2D eigenvalue weighted by atomic mass is 9.81. The number of sulfonamides is 1. The van der Waals surface area contributed by atoms with E-state index in [0.717, 1.165) is 50.1 Å². The Morgan fingerprint density at radius 3 is 2.61 bits per heavy atom. The molecular formula is C26H35NO5S. The van der Waals surface area contributed by atoms with Gasteiger partial charge in [0.15, 0.2) is 0 Å². The van der Waals surface area contributed by atoms with Crippen LogP contribution >= 0.6 is 0 Å². The van der Waals surface area contributed by atoms with Crippen molar-refractivity contribution in [2.75, 3.05) is 30.7 Å². The molecule has 0 saturated carbocycles. The Kier molecular flexibility index (Phi) is 7.03. The first-order chi connectivity index (χ1) is 15.7. The number of nitrogens with zero attached hydrogens (tertiary/aromatic N) is 1. The topological polar surface area (TPSA) is 76.1 Å². The molecule has 1 fully saturated rings. The van der Waals surface area contributed by atoms with E-state index in [4.69, 9.17) is 9.47 Å². The van der Waals surface area contributed by atoms with Crippen LogP contribution in [0, 0.1) is 11.3 Å². The molecule has 0 radical (unpaired) electrons. The van der Waals surface area contributed by atoms with Crippen LogP contribution in [0.4, 0.5) is 5.69 Å². The molecule has 0 unspecified atom stereocenters. The van der Waals surface area contributed by atoms with Gasteiger partial charge in [-0.2, -0.15) is 0 Å². The molecular weight excluding hydrogens is 438 g/mol. The third-order valence-corrected chi connectivity index (χ3v) is 8.42. The van der Waals surface area contributed by atoms with E-state index in [1.54, 1.807) is 18.2 Å². The van der Waals surface area contributed by atoms with Gasteiger partial charge in [-0.25, -0.2) is 8.42 Å². The zero-order valence-corrected chi connectivity index (χ0v) is 20.7. The Bertz CT molecular complexity index is 1090. The summed E-state index contributed by atoms with van der Waals surface area (Å²) in [5.41, 5.74) is 3.32. The van der Waals surface area contributed by atoms with Gasteiger partial charge in [0.05, 0.1) is 23.8 Å². The maximum absolute atomic E-state index is 13.8. The lowest BCUT2D eigenvalue weighted by Gasteiger charge is -2.40. The summed E-state index contributed by atoms with van der Waals surface area (Å²) in [6.07, 6.45) is 3.65. The second kappa shape index (κ2) is 9.65. The van der Waals surface area contributed by atoms with E-state index in [-0.39, 0.29) is 16.9 Å². The highest BCUT2D eigenvalue weighted by Crippen LogP contribution is 2.40. The van der Waals surface area contributed by atoms with Gasteiger partial charge in [0.1, 0.15) is 5.75 Å². The van der Waals surface area contributed by atoms with Gasteiger partial charge >= 0.3 is 0 Å². The monoisotopic (exact) mass is 473 g/mol. The van der Waals surface area contributed by atoms with Gasteiger partial charge < -0.3 is 14.6 Å². The molecule has 1 N–H and O–H groups in total. The molecule has 180 valence electrons. The normalized spacial score (nSPS) is 18.7. The molecule has 0 aliphatic carbocycles. The van der Waals surface area contributed by atoms with Gasteiger partial charge in [0, 0.05) is 25.3 Å². The highest BCUT2D eigenvalue weighted by atomic mass is 32.2. The van der Waals surface area contributed by atoms with Gasteiger partial charge in [-0.05, 0) is 72.4 Å². The van der Waals surface area contributed by atoms with E-state index in [1.165, 1.54) is 9.87 Å². The van der Waals surface area contributed by atoms with Gasteiger partial charge in [0.2, 0.25) is 0 Å². The molecule has 2 heterocycles. The predicted molar refractivity (Wildman–Crippen MR) is 129 cm³/mol. The van der Waals surface area contributed by atoms with Crippen LogP contribution in [-0.4, -0.2) is 39.9 Å². The number of fused-ring (bicyclic) bond motifs is 1. The number of hydrogen-bond acceptors (Lipinski definition) is 5.